The van der Waals surface area contributed by atoms with E-state index in [1.54, 1.807) is 10.5 Å². The number of anilines is 2. The number of benzene rings is 2. The summed E-state index contributed by atoms with van der Waals surface area (Å²) < 4.78 is 2.22. The van der Waals surface area contributed by atoms with Crippen molar-refractivity contribution in [2.75, 3.05) is 22.9 Å². The molecule has 204 valence electrons. The van der Waals surface area contributed by atoms with Crippen LogP contribution in [0.25, 0.3) is 22.1 Å². The fourth-order valence-corrected chi connectivity index (χ4v) is 7.27. The summed E-state index contributed by atoms with van der Waals surface area (Å²) in [5, 5.41) is 12.4. The average Bonchev–Trinajstić information content (AvgIpc) is 3.40. The largest absolute Gasteiger partial charge is 0.368 e. The van der Waals surface area contributed by atoms with E-state index in [-0.39, 0.29) is 22.2 Å². The summed E-state index contributed by atoms with van der Waals surface area (Å²) >= 11 is 1.34. The van der Waals surface area contributed by atoms with Gasteiger partial charge in [0.1, 0.15) is 5.69 Å². The molecule has 2 atom stereocenters. The molecule has 0 amide bonds. The zero-order chi connectivity index (χ0) is 27.4. The third-order valence-corrected chi connectivity index (χ3v) is 9.66. The van der Waals surface area contributed by atoms with Gasteiger partial charge in [0.05, 0.1) is 20.5 Å². The Morgan fingerprint density at radius 3 is 2.23 bits per heavy atom. The Hall–Kier alpha value is -3.46. The molecule has 4 aromatic rings. The first kappa shape index (κ1) is 25.8. The van der Waals surface area contributed by atoms with E-state index in [4.69, 9.17) is 4.98 Å². The summed E-state index contributed by atoms with van der Waals surface area (Å²) in [5.74, 6) is 0. The highest BCUT2D eigenvalue weighted by Gasteiger charge is 2.30. The Kier molecular flexibility index (Phi) is 6.57. The van der Waals surface area contributed by atoms with E-state index in [9.17, 15) is 14.9 Å². The lowest BCUT2D eigenvalue weighted by atomic mass is 9.98. The predicted octanol–water partition coefficient (Wildman–Crippen LogP) is 5.74. The molecule has 2 saturated heterocycles. The molecule has 2 aliphatic heterocycles. The normalized spacial score (nSPS) is 20.9. The minimum atomic E-state index is -0.268. The second-order valence-corrected chi connectivity index (χ2v) is 12.3. The minimum absolute atomic E-state index is 0.105. The number of rotatable bonds is 4. The van der Waals surface area contributed by atoms with Crippen LogP contribution in [0.5, 0.6) is 0 Å². The molecular weight excluding hydrogens is 510 g/mol. The van der Waals surface area contributed by atoms with E-state index in [2.05, 4.69) is 23.6 Å². The SMILES string of the molecule is Cc1cc2nc3s/c(=C/c4cc([N+](=O)[O-])c(N5CCCC[C@@H]5C)cc4N4CCCC[C@H]4C)c(=O)n3c2cc1C. The molecule has 4 heterocycles. The zero-order valence-corrected chi connectivity index (χ0v) is 23.9. The maximum absolute atomic E-state index is 13.7. The van der Waals surface area contributed by atoms with Crippen LogP contribution in [0.15, 0.2) is 29.1 Å². The molecule has 2 aromatic carbocycles. The van der Waals surface area contributed by atoms with E-state index in [1.807, 2.05) is 38.1 Å². The highest BCUT2D eigenvalue weighted by Crippen LogP contribution is 2.40. The molecule has 2 aliphatic rings. The maximum atomic E-state index is 13.7. The van der Waals surface area contributed by atoms with E-state index < -0.39 is 0 Å². The van der Waals surface area contributed by atoms with Gasteiger partial charge >= 0.3 is 0 Å². The molecule has 0 radical (unpaired) electrons. The summed E-state index contributed by atoms with van der Waals surface area (Å²) in [6.45, 7) is 10.2. The predicted molar refractivity (Wildman–Crippen MR) is 160 cm³/mol. The van der Waals surface area contributed by atoms with Gasteiger partial charge in [-0.1, -0.05) is 11.3 Å². The minimum Gasteiger partial charge on any atom is -0.368 e. The second kappa shape index (κ2) is 9.93. The summed E-state index contributed by atoms with van der Waals surface area (Å²) in [7, 11) is 0. The number of nitrogens with zero attached hydrogens (tertiary/aromatic N) is 5. The van der Waals surface area contributed by atoms with Crippen LogP contribution < -0.4 is 19.9 Å². The van der Waals surface area contributed by atoms with Gasteiger partial charge in [-0.15, -0.1) is 0 Å². The van der Waals surface area contributed by atoms with E-state index in [0.29, 0.717) is 21.2 Å². The molecule has 2 aromatic heterocycles. The van der Waals surface area contributed by atoms with Gasteiger partial charge in [-0.3, -0.25) is 14.9 Å². The number of aryl methyl sites for hydroxylation is 2. The first-order chi connectivity index (χ1) is 18.7. The van der Waals surface area contributed by atoms with Crippen LogP contribution in [-0.4, -0.2) is 39.5 Å². The Labute approximate surface area is 231 Å². The monoisotopic (exact) mass is 545 g/mol. The number of thiazole rings is 1. The molecule has 0 N–H and O–H groups in total. The Morgan fingerprint density at radius 1 is 0.949 bits per heavy atom. The number of aromatic nitrogens is 2. The van der Waals surface area contributed by atoms with Gasteiger partial charge in [-0.2, -0.15) is 0 Å². The van der Waals surface area contributed by atoms with Crippen molar-refractivity contribution < 1.29 is 4.92 Å². The number of nitro benzene ring substituents is 1. The number of hydrogen-bond donors (Lipinski definition) is 0. The van der Waals surface area contributed by atoms with Gasteiger partial charge in [0, 0.05) is 42.5 Å². The van der Waals surface area contributed by atoms with Crippen molar-refractivity contribution in [1.29, 1.82) is 0 Å². The van der Waals surface area contributed by atoms with Crippen LogP contribution in [0.2, 0.25) is 0 Å². The molecule has 0 aliphatic carbocycles. The first-order valence-corrected chi connectivity index (χ1v) is 14.8. The topological polar surface area (TPSA) is 84.0 Å². The summed E-state index contributed by atoms with van der Waals surface area (Å²) in [6, 6.07) is 8.33. The van der Waals surface area contributed by atoms with Gasteiger partial charge < -0.3 is 9.80 Å². The van der Waals surface area contributed by atoms with E-state index >= 15 is 0 Å². The van der Waals surface area contributed by atoms with Crippen LogP contribution >= 0.6 is 11.3 Å². The Morgan fingerprint density at radius 2 is 1.59 bits per heavy atom. The van der Waals surface area contributed by atoms with Crippen LogP contribution in [0.4, 0.5) is 17.1 Å². The van der Waals surface area contributed by atoms with Crippen molar-refractivity contribution in [2.24, 2.45) is 0 Å². The summed E-state index contributed by atoms with van der Waals surface area (Å²) in [6.07, 6.45) is 8.40. The maximum Gasteiger partial charge on any atom is 0.293 e. The average molecular weight is 546 g/mol. The van der Waals surface area contributed by atoms with Gasteiger partial charge in [0.2, 0.25) is 0 Å². The number of imidazole rings is 1. The van der Waals surface area contributed by atoms with Crippen molar-refractivity contribution >= 4 is 50.5 Å². The zero-order valence-electron chi connectivity index (χ0n) is 23.1. The van der Waals surface area contributed by atoms with E-state index in [0.717, 1.165) is 78.6 Å². The van der Waals surface area contributed by atoms with Gasteiger partial charge in [0.15, 0.2) is 4.96 Å². The van der Waals surface area contributed by atoms with Crippen LogP contribution in [0.3, 0.4) is 0 Å². The van der Waals surface area contributed by atoms with Crippen molar-refractivity contribution in [2.45, 2.75) is 78.3 Å². The lowest BCUT2D eigenvalue weighted by Gasteiger charge is -2.39. The molecule has 9 heteroatoms. The van der Waals surface area contributed by atoms with Crippen molar-refractivity contribution in [3.63, 3.8) is 0 Å². The number of nitro groups is 1. The molecule has 8 nitrogen and oxygen atoms in total. The molecule has 2 fully saturated rings. The van der Waals surface area contributed by atoms with Crippen molar-refractivity contribution in [3.05, 3.63) is 66.0 Å². The number of hydrogen-bond acceptors (Lipinski definition) is 7. The van der Waals surface area contributed by atoms with Gasteiger partial charge in [-0.25, -0.2) is 9.38 Å². The fraction of sp³-hybridized carbons (Fsp3) is 0.467. The molecular formula is C30H35N5O3S. The molecule has 0 bridgehead atoms. The standard InChI is InChI=1S/C30H35N5O3S/c1-18-13-23-25(14-19(18)2)34-29(36)28(39-30(34)31-23)16-22-15-27(35(37)38)26(33-12-8-6-10-21(33)4)17-24(22)32-11-7-5-9-20(32)3/h13-17,20-21H,5-12H2,1-4H3/b28-16+/t20-,21+/m1/s1. The van der Waals surface area contributed by atoms with E-state index in [1.165, 1.54) is 17.8 Å². The quantitative estimate of drug-likeness (QED) is 0.240. The lowest BCUT2D eigenvalue weighted by Crippen LogP contribution is -2.40. The van der Waals surface area contributed by atoms with Gasteiger partial charge in [0.25, 0.3) is 11.2 Å². The summed E-state index contributed by atoms with van der Waals surface area (Å²) in [4.78, 5) is 35.7. The third-order valence-electron chi connectivity index (χ3n) is 8.69. The molecule has 39 heavy (non-hydrogen) atoms. The van der Waals surface area contributed by atoms with Crippen molar-refractivity contribution in [1.82, 2.24) is 9.38 Å². The number of piperidine rings is 2. The molecule has 6 rings (SSSR count). The second-order valence-electron chi connectivity index (χ2n) is 11.3. The lowest BCUT2D eigenvalue weighted by molar-refractivity contribution is -0.384. The van der Waals surface area contributed by atoms with Crippen LogP contribution in [0, 0.1) is 24.0 Å². The fourth-order valence-electron chi connectivity index (χ4n) is 6.29. The van der Waals surface area contributed by atoms with Crippen LogP contribution in [0.1, 0.15) is 69.1 Å². The molecule has 0 unspecified atom stereocenters. The highest BCUT2D eigenvalue weighted by atomic mass is 32.1. The Balaban J connectivity index is 1.57. The first-order valence-electron chi connectivity index (χ1n) is 14.0. The third kappa shape index (κ3) is 4.46. The highest BCUT2D eigenvalue weighted by molar-refractivity contribution is 7.15. The smallest absolute Gasteiger partial charge is 0.293 e. The van der Waals surface area contributed by atoms with Crippen molar-refractivity contribution in [3.8, 4) is 0 Å². The Bertz CT molecular complexity index is 1710. The van der Waals surface area contributed by atoms with Crippen LogP contribution in [-0.2, 0) is 0 Å². The summed E-state index contributed by atoms with van der Waals surface area (Å²) in [5.41, 5.74) is 6.24. The molecule has 0 spiro atoms. The number of fused-ring (bicyclic) bond motifs is 3. The van der Waals surface area contributed by atoms with Gasteiger partial charge in [-0.05, 0) is 102 Å². The molecule has 0 saturated carbocycles.